The first-order valence-electron chi connectivity index (χ1n) is 7.47. The van der Waals surface area contributed by atoms with Crippen LogP contribution in [0.2, 0.25) is 0 Å². The summed E-state index contributed by atoms with van der Waals surface area (Å²) in [6.45, 7) is 3.27. The second kappa shape index (κ2) is 8.04. The van der Waals surface area contributed by atoms with Gasteiger partial charge in [0.05, 0.1) is 16.9 Å². The van der Waals surface area contributed by atoms with E-state index < -0.39 is 0 Å². The first-order valence-corrected chi connectivity index (χ1v) is 8.79. The highest BCUT2D eigenvalue weighted by atomic mass is 79.9. The van der Waals surface area contributed by atoms with E-state index in [1.165, 1.54) is 44.0 Å². The maximum atomic E-state index is 6.03. The van der Waals surface area contributed by atoms with Gasteiger partial charge in [0.1, 0.15) is 5.82 Å². The molecule has 0 saturated carbocycles. The third-order valence-corrected chi connectivity index (χ3v) is 4.38. The van der Waals surface area contributed by atoms with Crippen molar-refractivity contribution in [2.75, 3.05) is 0 Å². The number of aryl methyl sites for hydroxylation is 1. The molecule has 0 radical (unpaired) electrons. The van der Waals surface area contributed by atoms with Crippen molar-refractivity contribution in [1.82, 2.24) is 9.55 Å². The molecule has 0 spiro atoms. The lowest BCUT2D eigenvalue weighted by atomic mass is 10.1. The van der Waals surface area contributed by atoms with E-state index in [9.17, 15) is 0 Å². The largest absolute Gasteiger partial charge is 0.327 e. The van der Waals surface area contributed by atoms with E-state index in [4.69, 9.17) is 11.6 Å². The number of imidazole rings is 1. The van der Waals surface area contributed by atoms with Crippen molar-refractivity contribution in [3.8, 4) is 0 Å². The fraction of sp³-hybridized carbons (Fsp3) is 0.562. The number of unbranched alkanes of at least 4 members (excludes halogenated alkanes) is 5. The lowest BCUT2D eigenvalue weighted by Crippen LogP contribution is -2.02. The average Bonchev–Trinajstić information content (AvgIpc) is 2.79. The number of fused-ring (bicyclic) bond motifs is 1. The first-order chi connectivity index (χ1) is 9.76. The van der Waals surface area contributed by atoms with Crippen LogP contribution in [-0.4, -0.2) is 9.55 Å². The van der Waals surface area contributed by atoms with Crippen molar-refractivity contribution >= 4 is 38.6 Å². The van der Waals surface area contributed by atoms with Crippen LogP contribution < -0.4 is 0 Å². The maximum Gasteiger partial charge on any atom is 0.124 e. The topological polar surface area (TPSA) is 17.8 Å². The van der Waals surface area contributed by atoms with Gasteiger partial charge in [0, 0.05) is 11.0 Å². The van der Waals surface area contributed by atoms with Crippen LogP contribution in [0.1, 0.15) is 51.3 Å². The maximum absolute atomic E-state index is 6.03. The van der Waals surface area contributed by atoms with Gasteiger partial charge in [-0.25, -0.2) is 4.98 Å². The van der Waals surface area contributed by atoms with Crippen LogP contribution in [0, 0.1) is 0 Å². The summed E-state index contributed by atoms with van der Waals surface area (Å²) >= 11 is 9.52. The summed E-state index contributed by atoms with van der Waals surface area (Å²) in [5, 5.41) is 0. The molecule has 1 aromatic carbocycles. The smallest absolute Gasteiger partial charge is 0.124 e. The minimum absolute atomic E-state index is 0.474. The lowest BCUT2D eigenvalue weighted by molar-refractivity contribution is 0.557. The van der Waals surface area contributed by atoms with E-state index in [1.807, 2.05) is 0 Å². The number of nitrogens with zero attached hydrogens (tertiary/aromatic N) is 2. The minimum atomic E-state index is 0.474. The monoisotopic (exact) mass is 356 g/mol. The fourth-order valence-electron chi connectivity index (χ4n) is 2.55. The molecule has 0 aliphatic carbocycles. The SMILES string of the molecule is CCCCCCCCn1c(CCl)nc2cc(Br)ccc21. The Kier molecular flexibility index (Phi) is 6.37. The van der Waals surface area contributed by atoms with Gasteiger partial charge in [-0.2, -0.15) is 0 Å². The predicted molar refractivity (Wildman–Crippen MR) is 90.4 cm³/mol. The Labute approximate surface area is 134 Å². The molecule has 0 aliphatic heterocycles. The number of alkyl halides is 1. The van der Waals surface area contributed by atoms with Gasteiger partial charge in [-0.15, -0.1) is 11.6 Å². The number of hydrogen-bond acceptors (Lipinski definition) is 1. The van der Waals surface area contributed by atoms with Gasteiger partial charge in [-0.05, 0) is 24.6 Å². The molecule has 2 aromatic rings. The Hall–Kier alpha value is -0.540. The van der Waals surface area contributed by atoms with Crippen LogP contribution in [0.3, 0.4) is 0 Å². The predicted octanol–water partition coefficient (Wildman–Crippen LogP) is 5.90. The van der Waals surface area contributed by atoms with Gasteiger partial charge in [0.15, 0.2) is 0 Å². The van der Waals surface area contributed by atoms with E-state index in [2.05, 4.69) is 50.6 Å². The van der Waals surface area contributed by atoms with Crippen molar-refractivity contribution < 1.29 is 0 Å². The zero-order chi connectivity index (χ0) is 14.4. The molecular weight excluding hydrogens is 336 g/mol. The number of halogens is 2. The highest BCUT2D eigenvalue weighted by Crippen LogP contribution is 2.22. The highest BCUT2D eigenvalue weighted by molar-refractivity contribution is 9.10. The van der Waals surface area contributed by atoms with Crippen molar-refractivity contribution in [2.24, 2.45) is 0 Å². The van der Waals surface area contributed by atoms with Gasteiger partial charge in [0.2, 0.25) is 0 Å². The fourth-order valence-corrected chi connectivity index (χ4v) is 3.11. The van der Waals surface area contributed by atoms with E-state index in [1.54, 1.807) is 0 Å². The van der Waals surface area contributed by atoms with Gasteiger partial charge in [-0.3, -0.25) is 0 Å². The van der Waals surface area contributed by atoms with Crippen LogP contribution in [0.4, 0.5) is 0 Å². The Bertz CT molecular complexity index is 551. The van der Waals surface area contributed by atoms with Crippen molar-refractivity contribution in [3.05, 3.63) is 28.5 Å². The van der Waals surface area contributed by atoms with Gasteiger partial charge >= 0.3 is 0 Å². The first kappa shape index (κ1) is 15.8. The zero-order valence-corrected chi connectivity index (χ0v) is 14.4. The Morgan fingerprint density at radius 2 is 1.90 bits per heavy atom. The molecule has 1 heterocycles. The number of benzene rings is 1. The molecule has 110 valence electrons. The molecule has 2 nitrogen and oxygen atoms in total. The van der Waals surface area contributed by atoms with Crippen molar-refractivity contribution in [1.29, 1.82) is 0 Å². The van der Waals surface area contributed by atoms with E-state index in [0.717, 1.165) is 22.4 Å². The summed E-state index contributed by atoms with van der Waals surface area (Å²) in [6.07, 6.45) is 7.85. The van der Waals surface area contributed by atoms with Crippen molar-refractivity contribution in [2.45, 2.75) is 57.9 Å². The second-order valence-electron chi connectivity index (χ2n) is 5.21. The Morgan fingerprint density at radius 3 is 2.65 bits per heavy atom. The molecule has 0 atom stereocenters. The number of aromatic nitrogens is 2. The van der Waals surface area contributed by atoms with Gasteiger partial charge < -0.3 is 4.57 Å². The van der Waals surface area contributed by atoms with Crippen LogP contribution in [0.25, 0.3) is 11.0 Å². The quantitative estimate of drug-likeness (QED) is 0.425. The summed E-state index contributed by atoms with van der Waals surface area (Å²) in [5.74, 6) is 1.45. The average molecular weight is 358 g/mol. The van der Waals surface area contributed by atoms with E-state index >= 15 is 0 Å². The molecule has 20 heavy (non-hydrogen) atoms. The normalized spacial score (nSPS) is 11.3. The second-order valence-corrected chi connectivity index (χ2v) is 6.40. The third-order valence-electron chi connectivity index (χ3n) is 3.64. The zero-order valence-electron chi connectivity index (χ0n) is 12.0. The molecule has 4 heteroatoms. The third kappa shape index (κ3) is 3.98. The van der Waals surface area contributed by atoms with Gasteiger partial charge in [-0.1, -0.05) is 55.0 Å². The number of rotatable bonds is 8. The molecule has 0 saturated heterocycles. The van der Waals surface area contributed by atoms with Crippen LogP contribution in [0.15, 0.2) is 22.7 Å². The molecule has 1 aromatic heterocycles. The van der Waals surface area contributed by atoms with Gasteiger partial charge in [0.25, 0.3) is 0 Å². The molecular formula is C16H22BrClN2. The summed E-state index contributed by atoms with van der Waals surface area (Å²) in [7, 11) is 0. The molecule has 0 N–H and O–H groups in total. The van der Waals surface area contributed by atoms with E-state index in [-0.39, 0.29) is 0 Å². The van der Waals surface area contributed by atoms with Crippen LogP contribution >= 0.6 is 27.5 Å². The summed E-state index contributed by atoms with van der Waals surface area (Å²) < 4.78 is 3.34. The molecule has 0 fully saturated rings. The lowest BCUT2D eigenvalue weighted by Gasteiger charge is -2.07. The number of hydrogen-bond donors (Lipinski definition) is 0. The Balaban J connectivity index is 2.01. The van der Waals surface area contributed by atoms with Crippen molar-refractivity contribution in [3.63, 3.8) is 0 Å². The highest BCUT2D eigenvalue weighted by Gasteiger charge is 2.09. The summed E-state index contributed by atoms with van der Waals surface area (Å²) in [4.78, 5) is 4.62. The Morgan fingerprint density at radius 1 is 1.15 bits per heavy atom. The standard InChI is InChI=1S/C16H22BrClN2/c1-2-3-4-5-6-7-10-20-15-9-8-13(17)11-14(15)19-16(20)12-18/h8-9,11H,2-7,10,12H2,1H3. The summed E-state index contributed by atoms with van der Waals surface area (Å²) in [5.41, 5.74) is 2.22. The molecule has 0 amide bonds. The van der Waals surface area contributed by atoms with Crippen LogP contribution in [-0.2, 0) is 12.4 Å². The minimum Gasteiger partial charge on any atom is -0.327 e. The summed E-state index contributed by atoms with van der Waals surface area (Å²) in [6, 6.07) is 6.25. The molecule has 0 unspecified atom stereocenters. The molecule has 2 rings (SSSR count). The molecule has 0 aliphatic rings. The molecule has 0 bridgehead atoms. The van der Waals surface area contributed by atoms with E-state index in [0.29, 0.717) is 5.88 Å². The van der Waals surface area contributed by atoms with Crippen LogP contribution in [0.5, 0.6) is 0 Å².